The number of benzene rings is 1. The van der Waals surface area contributed by atoms with E-state index in [-0.39, 0.29) is 5.92 Å². The Hall–Kier alpha value is -1.46. The highest BCUT2D eigenvalue weighted by Gasteiger charge is 2.43. The van der Waals surface area contributed by atoms with E-state index in [4.69, 9.17) is 14.2 Å². The van der Waals surface area contributed by atoms with Gasteiger partial charge in [-0.25, -0.2) is 0 Å². The summed E-state index contributed by atoms with van der Waals surface area (Å²) < 4.78 is 16.8. The monoisotopic (exact) mass is 335 g/mol. The number of rotatable bonds is 4. The SMILES string of the molecule is COc1cc2c(c(OC)c1OC)CN(C)CC2C1(O)CCCCC1. The molecule has 2 aliphatic rings. The molecule has 1 saturated carbocycles. The molecule has 0 spiro atoms. The molecule has 1 aromatic carbocycles. The van der Waals surface area contributed by atoms with Crippen molar-refractivity contribution in [3.63, 3.8) is 0 Å². The zero-order valence-corrected chi connectivity index (χ0v) is 15.2. The summed E-state index contributed by atoms with van der Waals surface area (Å²) in [7, 11) is 7.03. The molecule has 1 aromatic rings. The van der Waals surface area contributed by atoms with Crippen molar-refractivity contribution >= 4 is 0 Å². The number of hydrogen-bond acceptors (Lipinski definition) is 5. The molecular formula is C19H29NO4. The van der Waals surface area contributed by atoms with Crippen LogP contribution in [0.2, 0.25) is 0 Å². The van der Waals surface area contributed by atoms with Crippen LogP contribution in [-0.4, -0.2) is 50.5 Å². The van der Waals surface area contributed by atoms with E-state index in [9.17, 15) is 5.11 Å². The summed E-state index contributed by atoms with van der Waals surface area (Å²) >= 11 is 0. The van der Waals surface area contributed by atoms with Crippen molar-refractivity contribution < 1.29 is 19.3 Å². The van der Waals surface area contributed by atoms with Crippen LogP contribution >= 0.6 is 0 Å². The first-order valence-electron chi connectivity index (χ1n) is 8.76. The molecule has 1 aliphatic carbocycles. The van der Waals surface area contributed by atoms with Crippen molar-refractivity contribution in [2.75, 3.05) is 34.9 Å². The second-order valence-corrected chi connectivity index (χ2v) is 7.13. The minimum Gasteiger partial charge on any atom is -0.493 e. The summed E-state index contributed by atoms with van der Waals surface area (Å²) in [6, 6.07) is 2.04. The molecule has 24 heavy (non-hydrogen) atoms. The second-order valence-electron chi connectivity index (χ2n) is 7.13. The van der Waals surface area contributed by atoms with Crippen molar-refractivity contribution in [2.24, 2.45) is 0 Å². The second kappa shape index (κ2) is 6.81. The zero-order chi connectivity index (χ0) is 17.3. The summed E-state index contributed by atoms with van der Waals surface area (Å²) in [5, 5.41) is 11.4. The van der Waals surface area contributed by atoms with Gasteiger partial charge in [-0.15, -0.1) is 0 Å². The maximum Gasteiger partial charge on any atom is 0.203 e. The van der Waals surface area contributed by atoms with E-state index >= 15 is 0 Å². The van der Waals surface area contributed by atoms with Gasteiger partial charge in [0.2, 0.25) is 5.75 Å². The molecule has 0 aromatic heterocycles. The minimum atomic E-state index is -0.647. The van der Waals surface area contributed by atoms with Crippen LogP contribution in [-0.2, 0) is 6.54 Å². The number of ether oxygens (including phenoxy) is 3. The van der Waals surface area contributed by atoms with Crippen molar-refractivity contribution in [3.05, 3.63) is 17.2 Å². The Labute approximate surface area is 144 Å². The van der Waals surface area contributed by atoms with Gasteiger partial charge in [0, 0.05) is 24.6 Å². The molecule has 1 fully saturated rings. The van der Waals surface area contributed by atoms with Gasteiger partial charge >= 0.3 is 0 Å². The van der Waals surface area contributed by atoms with Gasteiger partial charge in [-0.1, -0.05) is 19.3 Å². The van der Waals surface area contributed by atoms with Crippen LogP contribution in [0, 0.1) is 0 Å². The molecule has 0 bridgehead atoms. The molecule has 1 heterocycles. The highest BCUT2D eigenvalue weighted by molar-refractivity contribution is 5.61. The molecule has 0 amide bonds. The zero-order valence-electron chi connectivity index (χ0n) is 15.2. The lowest BCUT2D eigenvalue weighted by Gasteiger charge is -2.45. The number of methoxy groups -OCH3 is 3. The number of likely N-dealkylation sites (N-methyl/N-ethyl adjacent to an activating group) is 1. The molecule has 0 saturated heterocycles. The van der Waals surface area contributed by atoms with Crippen LogP contribution < -0.4 is 14.2 Å². The number of aliphatic hydroxyl groups is 1. The predicted molar refractivity (Wildman–Crippen MR) is 93.2 cm³/mol. The van der Waals surface area contributed by atoms with Crippen molar-refractivity contribution in [3.8, 4) is 17.2 Å². The Morgan fingerprint density at radius 2 is 1.71 bits per heavy atom. The molecule has 5 nitrogen and oxygen atoms in total. The fraction of sp³-hybridized carbons (Fsp3) is 0.684. The van der Waals surface area contributed by atoms with Crippen LogP contribution in [0.3, 0.4) is 0 Å². The standard InChI is InChI=1S/C19H29NO4/c1-20-11-14-13(10-16(22-2)18(24-4)17(14)23-3)15(12-20)19(21)8-6-5-7-9-19/h10,15,21H,5-9,11-12H2,1-4H3. The highest BCUT2D eigenvalue weighted by atomic mass is 16.5. The van der Waals surface area contributed by atoms with Gasteiger partial charge in [0.15, 0.2) is 11.5 Å². The van der Waals surface area contributed by atoms with E-state index in [1.807, 2.05) is 6.07 Å². The first-order chi connectivity index (χ1) is 11.5. The summed E-state index contributed by atoms with van der Waals surface area (Å²) in [6.07, 6.45) is 5.13. The lowest BCUT2D eigenvalue weighted by Crippen LogP contribution is -2.46. The average Bonchev–Trinajstić information content (AvgIpc) is 2.59. The molecule has 134 valence electrons. The smallest absolute Gasteiger partial charge is 0.203 e. The normalized spacial score (nSPS) is 23.5. The van der Waals surface area contributed by atoms with Crippen molar-refractivity contribution in [1.82, 2.24) is 4.90 Å². The van der Waals surface area contributed by atoms with Crippen LogP contribution in [0.1, 0.15) is 49.1 Å². The highest BCUT2D eigenvalue weighted by Crippen LogP contribution is 2.50. The molecule has 1 aliphatic heterocycles. The van der Waals surface area contributed by atoms with E-state index in [1.54, 1.807) is 21.3 Å². The van der Waals surface area contributed by atoms with Gasteiger partial charge in [0.05, 0.1) is 26.9 Å². The van der Waals surface area contributed by atoms with Gasteiger partial charge in [0.25, 0.3) is 0 Å². The van der Waals surface area contributed by atoms with E-state index in [0.29, 0.717) is 11.5 Å². The summed E-state index contributed by atoms with van der Waals surface area (Å²) in [5.74, 6) is 2.09. The van der Waals surface area contributed by atoms with Crippen LogP contribution in [0.5, 0.6) is 17.2 Å². The van der Waals surface area contributed by atoms with Gasteiger partial charge in [-0.2, -0.15) is 0 Å². The van der Waals surface area contributed by atoms with Gasteiger partial charge in [-0.05, 0) is 31.5 Å². The summed E-state index contributed by atoms with van der Waals surface area (Å²) in [5.41, 5.74) is 1.60. The third kappa shape index (κ3) is 2.84. The third-order valence-electron chi connectivity index (χ3n) is 5.63. The Morgan fingerprint density at radius 1 is 1.04 bits per heavy atom. The van der Waals surface area contributed by atoms with Gasteiger partial charge in [0.1, 0.15) is 0 Å². The molecule has 0 radical (unpaired) electrons. The largest absolute Gasteiger partial charge is 0.493 e. The Balaban J connectivity index is 2.14. The summed E-state index contributed by atoms with van der Waals surface area (Å²) in [6.45, 7) is 1.63. The van der Waals surface area contributed by atoms with E-state index in [2.05, 4.69) is 11.9 Å². The van der Waals surface area contributed by atoms with E-state index in [0.717, 1.165) is 55.6 Å². The molecule has 1 N–H and O–H groups in total. The van der Waals surface area contributed by atoms with Crippen LogP contribution in [0.4, 0.5) is 0 Å². The maximum atomic E-state index is 11.4. The van der Waals surface area contributed by atoms with E-state index in [1.165, 1.54) is 6.42 Å². The first-order valence-corrected chi connectivity index (χ1v) is 8.76. The topological polar surface area (TPSA) is 51.2 Å². The third-order valence-corrected chi connectivity index (χ3v) is 5.63. The number of hydrogen-bond donors (Lipinski definition) is 1. The summed E-state index contributed by atoms with van der Waals surface area (Å²) in [4.78, 5) is 2.26. The first kappa shape index (κ1) is 17.4. The molecule has 1 atom stereocenters. The molecular weight excluding hydrogens is 306 g/mol. The molecule has 5 heteroatoms. The van der Waals surface area contributed by atoms with Gasteiger partial charge < -0.3 is 24.2 Å². The van der Waals surface area contributed by atoms with Crippen molar-refractivity contribution in [1.29, 1.82) is 0 Å². The van der Waals surface area contributed by atoms with Crippen LogP contribution in [0.15, 0.2) is 6.07 Å². The lowest BCUT2D eigenvalue weighted by atomic mass is 9.70. The number of nitrogens with zero attached hydrogens (tertiary/aromatic N) is 1. The predicted octanol–water partition coefficient (Wildman–Crippen LogP) is 2.94. The van der Waals surface area contributed by atoms with Crippen LogP contribution in [0.25, 0.3) is 0 Å². The minimum absolute atomic E-state index is 0.0697. The number of fused-ring (bicyclic) bond motifs is 1. The fourth-order valence-electron chi connectivity index (χ4n) is 4.43. The Kier molecular flexibility index (Phi) is 4.92. The Morgan fingerprint density at radius 3 is 2.29 bits per heavy atom. The Bertz CT molecular complexity index is 596. The maximum absolute atomic E-state index is 11.4. The quantitative estimate of drug-likeness (QED) is 0.917. The van der Waals surface area contributed by atoms with Gasteiger partial charge in [-0.3, -0.25) is 0 Å². The molecule has 3 rings (SSSR count). The lowest BCUT2D eigenvalue weighted by molar-refractivity contribution is -0.0335. The van der Waals surface area contributed by atoms with Crippen molar-refractivity contribution in [2.45, 2.75) is 50.2 Å². The average molecular weight is 335 g/mol. The molecule has 1 unspecified atom stereocenters. The van der Waals surface area contributed by atoms with E-state index < -0.39 is 5.60 Å². The fourth-order valence-corrected chi connectivity index (χ4v) is 4.43.